The molecule has 0 N–H and O–H groups in total. The Kier molecular flexibility index (Phi) is 1.45. The van der Waals surface area contributed by atoms with Crippen LogP contribution in [0.4, 0.5) is 0 Å². The molecule has 484 valence electrons. The van der Waals surface area contributed by atoms with Gasteiger partial charge in [-0.15, -0.1) is 0 Å². The van der Waals surface area contributed by atoms with Gasteiger partial charge in [-0.25, -0.2) is 0 Å². The van der Waals surface area contributed by atoms with Gasteiger partial charge in [-0.05, 0) is 614 Å². The van der Waals surface area contributed by atoms with Gasteiger partial charge < -0.3 is 0 Å². The predicted molar refractivity (Wildman–Crippen MR) is 335 cm³/mol. The molecule has 0 nitrogen and oxygen atoms in total. The van der Waals surface area contributed by atoms with Gasteiger partial charge in [-0.1, -0.05) is 0 Å². The van der Waals surface area contributed by atoms with E-state index in [4.69, 9.17) is 0 Å². The van der Waals surface area contributed by atoms with Crippen LogP contribution in [0, 0.1) is 589 Å². The van der Waals surface area contributed by atoms with Gasteiger partial charge >= 0.3 is 0 Å². The molecule has 65 spiro atoms. The van der Waals surface area contributed by atoms with E-state index < -0.39 is 0 Å². The molecule has 0 radical (unpaired) electrons. The van der Waals surface area contributed by atoms with Crippen molar-refractivity contribution in [2.45, 2.75) is 25.7 Å². The quantitative estimate of drug-likeness (QED) is 0.229. The molecular formula is C109H48. The van der Waals surface area contributed by atoms with Crippen molar-refractivity contribution >= 4 is 0 Å². The molecule has 0 aromatic heterocycles. The van der Waals surface area contributed by atoms with E-state index in [1.807, 2.05) is 12.8 Å². The maximum atomic E-state index is 2.13. The molecule has 0 saturated heterocycles. The van der Waals surface area contributed by atoms with E-state index in [-0.39, 0.29) is 0 Å². The lowest BCUT2D eigenvalue weighted by Gasteiger charge is -3.78. The van der Waals surface area contributed by atoms with E-state index in [1.165, 1.54) is 237 Å². The molecule has 0 aliphatic heterocycles. The standard InChI is InChI=1S/C109H48/c1-5-13-23-18-9-3-11-20-26-27-29-34-32-33-35-31-30-28-25-21-12-4-10-19-24-17-8-2-7-16-22-15-6(1)46-36-14(5)52(13)58(23)54(18)50(9,11)56(20)61(26)62(27)64(29)69(34)67(32)68(33)70(35)66(31)65(30)63(28)60(25)57(21)51(10,12)55(19)59(24)53(17)45(7,8)37-39-48(16)42-44-49(22)43-41-47(15)40-38(46)74-75(40)82(47)77(41)79(43)83(49)78(44)76(42)81(48)73(39)72(37,53)87(59)85(55,57)88(60)96(63)92(65)93(66)98(70)95(68)94(67)97(69)91(64)90(62)89(61)84(54,56)86(58)71(36,52)80(46,74)106(86,89)100(74,90)101(75,91)108(82,97)103(77,94)105(79,95)109(83,98)104(78,93)102(76,92)107(81,96)99(73,87)88/h5-44H,1-4H2. The van der Waals surface area contributed by atoms with Gasteiger partial charge in [0.15, 0.2) is 0 Å². The third-order valence-electron chi connectivity index (χ3n) is 102. The van der Waals surface area contributed by atoms with Crippen LogP contribution in [0.15, 0.2) is 0 Å². The highest BCUT2D eigenvalue weighted by Gasteiger charge is 3.86. The van der Waals surface area contributed by atoms with Crippen LogP contribution in [0.1, 0.15) is 25.7 Å². The van der Waals surface area contributed by atoms with E-state index in [0.29, 0.717) is 0 Å². The van der Waals surface area contributed by atoms with Crippen LogP contribution >= 0.6 is 0 Å². The molecule has 0 amide bonds. The van der Waals surface area contributed by atoms with Crippen molar-refractivity contribution < 1.29 is 0 Å². The van der Waals surface area contributed by atoms with Gasteiger partial charge in [0.1, 0.15) is 0 Å². The summed E-state index contributed by atoms with van der Waals surface area (Å²) in [6.07, 6.45) is 8.07. The fourth-order valence-electron chi connectivity index (χ4n) is 135. The van der Waals surface area contributed by atoms with Gasteiger partial charge in [0.25, 0.3) is 0 Å². The predicted octanol–water partition coefficient (Wildman–Crippen LogP) is 8.35. The Morgan fingerprint density at radius 2 is 0.367 bits per heavy atom. The number of hydrogen-bond acceptors (Lipinski definition) is 0. The second kappa shape index (κ2) is 4.68. The first-order valence-electron chi connectivity index (χ1n) is 54.3. The molecule has 0 aromatic carbocycles. The smallest absolute Gasteiger partial charge is 0.0000914 e. The van der Waals surface area contributed by atoms with Gasteiger partial charge in [0.2, 0.25) is 0 Å². The molecule has 86 rings (SSSR count). The Morgan fingerprint density at radius 3 is 0.844 bits per heavy atom. The highest BCUT2D eigenvalue weighted by Crippen LogP contribution is 3.90. The van der Waals surface area contributed by atoms with E-state index >= 15 is 0 Å². The Bertz CT molecular complexity index is 9240. The first-order valence-corrected chi connectivity index (χ1v) is 54.3. The summed E-state index contributed by atoms with van der Waals surface area (Å²) in [6.45, 7) is 0. The lowest BCUT2D eigenvalue weighted by molar-refractivity contribution is -1.11. The maximum absolute atomic E-state index is 2.13. The molecule has 86 aliphatic carbocycles. The molecule has 0 aromatic rings. The molecule has 0 heteroatoms. The summed E-state index contributed by atoms with van der Waals surface area (Å²) in [5, 5.41) is 0. The molecule has 0 heterocycles. The van der Waals surface area contributed by atoms with Crippen LogP contribution in [0.5, 0.6) is 0 Å². The Labute approximate surface area is 610 Å². The minimum absolute atomic E-state index is 1.07. The lowest BCUT2D eigenvalue weighted by atomic mass is 8.23. The van der Waals surface area contributed by atoms with Crippen molar-refractivity contribution in [3.63, 3.8) is 0 Å². The summed E-state index contributed by atoms with van der Waals surface area (Å²) < 4.78 is 0. The zero-order chi connectivity index (χ0) is 58.4. The topological polar surface area (TPSA) is 0 Å². The Balaban J connectivity index is 0.592. The summed E-state index contributed by atoms with van der Waals surface area (Å²) >= 11 is 0. The monoisotopic (exact) mass is 1360 g/mol. The van der Waals surface area contributed by atoms with Gasteiger partial charge in [0, 0.05) is 0 Å². The number of rotatable bonds is 0. The summed E-state index contributed by atoms with van der Waals surface area (Å²) in [5.41, 5.74) is 73.9. The van der Waals surface area contributed by atoms with Crippen LogP contribution < -0.4 is 0 Å². The lowest BCUT2D eigenvalue weighted by Crippen LogP contribution is -3.74. The van der Waals surface area contributed by atoms with Crippen LogP contribution in [-0.4, -0.2) is 0 Å². The van der Waals surface area contributed by atoms with Crippen LogP contribution in [0.3, 0.4) is 0 Å². The summed E-state index contributed by atoms with van der Waals surface area (Å²) in [6, 6.07) is 0. The molecule has 86 aliphatic rings. The van der Waals surface area contributed by atoms with Gasteiger partial charge in [-0.3, -0.25) is 0 Å². The van der Waals surface area contributed by atoms with Crippen LogP contribution in [-0.2, 0) is 0 Å². The van der Waals surface area contributed by atoms with Crippen LogP contribution in [0.25, 0.3) is 0 Å². The highest BCUT2D eigenvalue weighted by atomic mass is 15.9. The highest BCUT2D eigenvalue weighted by molar-refractivity contribution is 6.78. The first kappa shape index (κ1) is 33.8. The van der Waals surface area contributed by atoms with Crippen molar-refractivity contribution in [3.8, 4) is 0 Å². The summed E-state index contributed by atoms with van der Waals surface area (Å²) in [4.78, 5) is 0. The Hall–Kier alpha value is 0. The van der Waals surface area contributed by atoms with E-state index in [2.05, 4.69) is 12.8 Å². The maximum Gasteiger partial charge on any atom is -0.0000914 e. The molecule has 86 fully saturated rings. The zero-order valence-corrected chi connectivity index (χ0v) is 58.4. The average molecular weight is 1360 g/mol. The third-order valence-corrected chi connectivity index (χ3v) is 102. The first-order chi connectivity index (χ1) is 54.3. The Morgan fingerprint density at radius 1 is 0.110 bits per heavy atom. The summed E-state index contributed by atoms with van der Waals surface area (Å²) in [7, 11) is 0. The number of fused-ring (bicyclic) bond motifs is 26. The van der Waals surface area contributed by atoms with Gasteiger partial charge in [-0.2, -0.15) is 0 Å². The van der Waals surface area contributed by atoms with Crippen molar-refractivity contribution in [1.82, 2.24) is 0 Å². The molecule has 86 saturated carbocycles. The second-order valence-electron chi connectivity index (χ2n) is 73.8. The molecular weight excluding hydrogens is 1310 g/mol. The van der Waals surface area contributed by atoms with Crippen molar-refractivity contribution in [2.75, 3.05) is 0 Å². The summed E-state index contributed by atoms with van der Waals surface area (Å²) in [5.74, 6) is 58.6. The van der Waals surface area contributed by atoms with Crippen molar-refractivity contribution in [3.05, 3.63) is 125 Å². The average Bonchev–Trinajstić information content (AvgIpc) is 0.402. The second-order valence-corrected chi connectivity index (χ2v) is 73.8. The van der Waals surface area contributed by atoms with E-state index in [9.17, 15) is 0 Å². The molecule has 105 atom stereocenters. The SMILES string of the molecule is C1C2C3C4C5C6CC7C8C9C%10C%11CC%12C%13C%14C%15C%16C%17C%18C%19C%20C%21C%22C%23C%24C%25C%26CC%27C%28C%29C%30C1C21C2C%31C3%32C3C%33C4%34C4C%35C5%36C5C%37C6%38C6C7C87C98C%109C%11%12C%13%10C%14%11C%15%12C%16%13C%17%14C%18%15C%19%16C%20%17C%21%18C%22%19C%23%20C%24%21C%25%22C%27%26C%28%23C%29%24C%301C21C%312C%32%25C3%26C%333C%34%27C4%28C%354C%36%29C5%30C%375C%38%31C67C86C9%10C%117C%128C%139C%14%10C%15%11C%16%12C%17%13C%18%14C%19%15C%20%16C%21%17C%23%22C%241C2%17C%25%16C%26%15C3%14C%27%13C%28%12C4%11C%29%10C%309C58C%3167. The molecule has 105 unspecified atom stereocenters. The number of hydrogen-bond donors (Lipinski definition) is 0. The minimum Gasteiger partial charge on any atom is -0.0461 e. The van der Waals surface area contributed by atoms with Gasteiger partial charge in [0.05, 0.1) is 0 Å². The molecule has 109 heavy (non-hydrogen) atoms. The fourth-order valence-corrected chi connectivity index (χ4v) is 135. The largest absolute Gasteiger partial charge is 0.0461 e. The fraction of sp³-hybridized carbons (Fsp3) is 1.00. The van der Waals surface area contributed by atoms with Crippen molar-refractivity contribution in [2.24, 2.45) is 464 Å². The van der Waals surface area contributed by atoms with E-state index in [1.54, 1.807) is 0 Å². The van der Waals surface area contributed by atoms with E-state index in [0.717, 1.165) is 352 Å². The molecule has 0 bridgehead atoms. The minimum atomic E-state index is 1.07. The normalized spacial score (nSPS) is 155. The third kappa shape index (κ3) is 0.632. The van der Waals surface area contributed by atoms with Crippen LogP contribution in [0.2, 0.25) is 0 Å². The zero-order valence-electron chi connectivity index (χ0n) is 58.4. The van der Waals surface area contributed by atoms with Crippen molar-refractivity contribution in [1.29, 1.82) is 0 Å².